The number of carbonyl (C=O) groups is 2. The second-order valence-electron chi connectivity index (χ2n) is 6.37. The molecule has 0 atom stereocenters. The third-order valence-corrected chi connectivity index (χ3v) is 4.01. The van der Waals surface area contributed by atoms with Crippen molar-refractivity contribution < 1.29 is 19.1 Å². The summed E-state index contributed by atoms with van der Waals surface area (Å²) in [5, 5.41) is 0. The molecule has 0 saturated heterocycles. The highest BCUT2D eigenvalue weighted by Crippen LogP contribution is 2.15. The van der Waals surface area contributed by atoms with Gasteiger partial charge < -0.3 is 20.9 Å². The first kappa shape index (κ1) is 20.3. The Labute approximate surface area is 159 Å². The fourth-order valence-electron chi connectivity index (χ4n) is 2.58. The minimum atomic E-state index is -0.411. The molecule has 0 amide bonds. The summed E-state index contributed by atoms with van der Waals surface area (Å²) in [7, 11) is 0. The molecule has 2 aromatic rings. The molecule has 0 aromatic heterocycles. The number of unbranched alkanes of at least 4 members (excludes halogenated alkanes) is 3. The molecular formula is C21H26N2O4. The van der Waals surface area contributed by atoms with Gasteiger partial charge in [-0.1, -0.05) is 0 Å². The summed E-state index contributed by atoms with van der Waals surface area (Å²) >= 11 is 0. The maximum Gasteiger partial charge on any atom is 0.338 e. The first-order valence-electron chi connectivity index (χ1n) is 9.02. The summed E-state index contributed by atoms with van der Waals surface area (Å²) < 4.78 is 10.9. The van der Waals surface area contributed by atoms with Gasteiger partial charge >= 0.3 is 5.97 Å². The minimum Gasteiger partial charge on any atom is -0.494 e. The standard InChI is InChI=1S/C21H26N2O4/c1-15(24)16-6-8-20(9-7-16)26-10-4-2-3-5-11-27-21(25)17-12-18(22)14-19(23)13-17/h6-9,12-14H,2-5,10-11,22-23H2,1H3. The molecule has 0 aliphatic carbocycles. The number of hydrogen-bond donors (Lipinski definition) is 2. The smallest absolute Gasteiger partial charge is 0.338 e. The van der Waals surface area contributed by atoms with Crippen LogP contribution in [0.15, 0.2) is 42.5 Å². The lowest BCUT2D eigenvalue weighted by Crippen LogP contribution is -2.08. The number of ether oxygens (including phenoxy) is 2. The van der Waals surface area contributed by atoms with Crippen LogP contribution >= 0.6 is 0 Å². The zero-order valence-corrected chi connectivity index (χ0v) is 15.6. The van der Waals surface area contributed by atoms with Crippen LogP contribution in [0.5, 0.6) is 5.75 Å². The van der Waals surface area contributed by atoms with Crippen molar-refractivity contribution in [3.8, 4) is 5.75 Å². The van der Waals surface area contributed by atoms with E-state index >= 15 is 0 Å². The predicted octanol–water partition coefficient (Wildman–Crippen LogP) is 3.85. The van der Waals surface area contributed by atoms with Gasteiger partial charge in [-0.05, 0) is 75.1 Å². The lowest BCUT2D eigenvalue weighted by atomic mass is 10.1. The van der Waals surface area contributed by atoms with Gasteiger partial charge in [0.05, 0.1) is 18.8 Å². The van der Waals surface area contributed by atoms with Gasteiger partial charge in [-0.2, -0.15) is 0 Å². The van der Waals surface area contributed by atoms with E-state index in [0.29, 0.717) is 35.7 Å². The van der Waals surface area contributed by atoms with Gasteiger partial charge in [0.25, 0.3) is 0 Å². The van der Waals surface area contributed by atoms with Crippen LogP contribution in [0.4, 0.5) is 11.4 Å². The Morgan fingerprint density at radius 2 is 1.41 bits per heavy atom. The summed E-state index contributed by atoms with van der Waals surface area (Å²) in [4.78, 5) is 23.1. The van der Waals surface area contributed by atoms with E-state index in [9.17, 15) is 9.59 Å². The van der Waals surface area contributed by atoms with E-state index in [4.69, 9.17) is 20.9 Å². The molecule has 0 fully saturated rings. The molecule has 0 saturated carbocycles. The number of carbonyl (C=O) groups excluding carboxylic acids is 2. The number of Topliss-reactive ketones (excluding diaryl/α,β-unsaturated/α-hetero) is 1. The van der Waals surface area contributed by atoms with Crippen LogP contribution in [-0.2, 0) is 4.74 Å². The Balaban J connectivity index is 1.55. The Morgan fingerprint density at radius 3 is 2.00 bits per heavy atom. The van der Waals surface area contributed by atoms with Crippen LogP contribution < -0.4 is 16.2 Å². The van der Waals surface area contributed by atoms with Crippen LogP contribution in [0.25, 0.3) is 0 Å². The highest BCUT2D eigenvalue weighted by Gasteiger charge is 2.08. The topological polar surface area (TPSA) is 105 Å². The summed E-state index contributed by atoms with van der Waals surface area (Å²) in [5.74, 6) is 0.392. The Morgan fingerprint density at radius 1 is 0.815 bits per heavy atom. The van der Waals surface area contributed by atoms with Crippen LogP contribution in [-0.4, -0.2) is 25.0 Å². The molecule has 6 heteroatoms. The molecule has 0 radical (unpaired) electrons. The molecule has 2 aromatic carbocycles. The molecule has 0 heterocycles. The van der Waals surface area contributed by atoms with Crippen molar-refractivity contribution >= 4 is 23.1 Å². The van der Waals surface area contributed by atoms with E-state index in [2.05, 4.69) is 0 Å². The fraction of sp³-hybridized carbons (Fsp3) is 0.333. The molecule has 144 valence electrons. The minimum absolute atomic E-state index is 0.0430. The SMILES string of the molecule is CC(=O)c1ccc(OCCCCCCOC(=O)c2cc(N)cc(N)c2)cc1. The van der Waals surface area contributed by atoms with Crippen LogP contribution in [0.2, 0.25) is 0 Å². The highest BCUT2D eigenvalue weighted by atomic mass is 16.5. The van der Waals surface area contributed by atoms with Gasteiger partial charge in [0.1, 0.15) is 5.75 Å². The number of benzene rings is 2. The molecule has 0 aliphatic heterocycles. The van der Waals surface area contributed by atoms with Crippen molar-refractivity contribution in [2.75, 3.05) is 24.7 Å². The second kappa shape index (κ2) is 10.2. The lowest BCUT2D eigenvalue weighted by molar-refractivity contribution is 0.0497. The number of nitrogen functional groups attached to an aromatic ring is 2. The molecule has 2 rings (SSSR count). The predicted molar refractivity (Wildman–Crippen MR) is 106 cm³/mol. The van der Waals surface area contributed by atoms with Crippen molar-refractivity contribution in [2.45, 2.75) is 32.6 Å². The van der Waals surface area contributed by atoms with Crippen LogP contribution in [0, 0.1) is 0 Å². The first-order valence-corrected chi connectivity index (χ1v) is 9.02. The Kier molecular flexibility index (Phi) is 7.67. The number of anilines is 2. The van der Waals surface area contributed by atoms with Gasteiger partial charge in [0, 0.05) is 16.9 Å². The van der Waals surface area contributed by atoms with Gasteiger partial charge in [-0.25, -0.2) is 4.79 Å². The average molecular weight is 370 g/mol. The average Bonchev–Trinajstić information content (AvgIpc) is 2.63. The molecule has 4 N–H and O–H groups in total. The van der Waals surface area contributed by atoms with Crippen molar-refractivity contribution in [3.63, 3.8) is 0 Å². The third-order valence-electron chi connectivity index (χ3n) is 4.01. The fourth-order valence-corrected chi connectivity index (χ4v) is 2.58. The number of hydrogen-bond acceptors (Lipinski definition) is 6. The second-order valence-corrected chi connectivity index (χ2v) is 6.37. The molecular weight excluding hydrogens is 344 g/mol. The molecule has 0 bridgehead atoms. The van der Waals surface area contributed by atoms with Crippen molar-refractivity contribution in [3.05, 3.63) is 53.6 Å². The van der Waals surface area contributed by atoms with E-state index < -0.39 is 5.97 Å². The number of ketones is 1. The zero-order chi connectivity index (χ0) is 19.6. The summed E-state index contributed by atoms with van der Waals surface area (Å²) in [5.41, 5.74) is 13.3. The van der Waals surface area contributed by atoms with E-state index in [1.165, 1.54) is 6.92 Å². The highest BCUT2D eigenvalue weighted by molar-refractivity contribution is 5.94. The monoisotopic (exact) mass is 370 g/mol. The quantitative estimate of drug-likeness (QED) is 0.285. The van der Waals surface area contributed by atoms with Gasteiger partial charge in [0.2, 0.25) is 0 Å². The zero-order valence-electron chi connectivity index (χ0n) is 15.6. The molecule has 27 heavy (non-hydrogen) atoms. The number of rotatable bonds is 10. The Hall–Kier alpha value is -3.02. The molecule has 0 spiro atoms. The van der Waals surface area contributed by atoms with Gasteiger partial charge in [-0.3, -0.25) is 4.79 Å². The normalized spacial score (nSPS) is 10.4. The lowest BCUT2D eigenvalue weighted by Gasteiger charge is -2.08. The van der Waals surface area contributed by atoms with E-state index in [1.807, 2.05) is 0 Å². The maximum absolute atomic E-state index is 11.9. The van der Waals surface area contributed by atoms with Crippen molar-refractivity contribution in [1.82, 2.24) is 0 Å². The molecule has 0 unspecified atom stereocenters. The first-order chi connectivity index (χ1) is 13.0. The number of nitrogens with two attached hydrogens (primary N) is 2. The van der Waals surface area contributed by atoms with Gasteiger partial charge in [-0.15, -0.1) is 0 Å². The largest absolute Gasteiger partial charge is 0.494 e. The van der Waals surface area contributed by atoms with E-state index in [0.717, 1.165) is 31.4 Å². The summed E-state index contributed by atoms with van der Waals surface area (Å²) in [6, 6.07) is 11.8. The van der Waals surface area contributed by atoms with Crippen LogP contribution in [0.3, 0.4) is 0 Å². The third kappa shape index (κ3) is 7.01. The van der Waals surface area contributed by atoms with Gasteiger partial charge in [0.15, 0.2) is 5.78 Å². The van der Waals surface area contributed by atoms with Crippen LogP contribution in [0.1, 0.15) is 53.3 Å². The van der Waals surface area contributed by atoms with E-state index in [1.54, 1.807) is 42.5 Å². The Bertz CT molecular complexity index is 752. The van der Waals surface area contributed by atoms with Crippen molar-refractivity contribution in [1.29, 1.82) is 0 Å². The molecule has 6 nitrogen and oxygen atoms in total. The maximum atomic E-state index is 11.9. The molecule has 0 aliphatic rings. The van der Waals surface area contributed by atoms with Crippen molar-refractivity contribution in [2.24, 2.45) is 0 Å². The number of esters is 1. The summed E-state index contributed by atoms with van der Waals surface area (Å²) in [6.07, 6.45) is 3.62. The van der Waals surface area contributed by atoms with E-state index in [-0.39, 0.29) is 5.78 Å². The summed E-state index contributed by atoms with van der Waals surface area (Å²) in [6.45, 7) is 2.51.